The fourth-order valence-corrected chi connectivity index (χ4v) is 2.21. The minimum Gasteiger partial charge on any atom is -0.466 e. The molecule has 2 atom stereocenters. The van der Waals surface area contributed by atoms with Crippen LogP contribution in [0.2, 0.25) is 0 Å². The van der Waals surface area contributed by atoms with Crippen molar-refractivity contribution in [3.8, 4) is 0 Å². The van der Waals surface area contributed by atoms with Crippen LogP contribution in [-0.2, 0) is 9.53 Å². The number of carbonyl (C=O) groups is 1. The highest BCUT2D eigenvalue weighted by atomic mass is 19.3. The molecule has 0 spiro atoms. The van der Waals surface area contributed by atoms with Gasteiger partial charge < -0.3 is 10.1 Å². The van der Waals surface area contributed by atoms with E-state index in [0.29, 0.717) is 25.7 Å². The highest BCUT2D eigenvalue weighted by Gasteiger charge is 2.41. The van der Waals surface area contributed by atoms with E-state index in [1.165, 1.54) is 0 Å². The first-order valence-electron chi connectivity index (χ1n) is 6.42. The number of carbonyl (C=O) groups excluding carboxylic acids is 1. The zero-order valence-corrected chi connectivity index (χ0v) is 10.8. The maximum Gasteiger partial charge on any atom is 0.319 e. The van der Waals surface area contributed by atoms with Gasteiger partial charge in [-0.1, -0.05) is 6.42 Å². The molecular formula is C12H19F4NO2. The molecule has 7 heteroatoms. The second-order valence-corrected chi connectivity index (χ2v) is 4.76. The average Bonchev–Trinajstić information content (AvgIpc) is 2.37. The molecule has 1 saturated carbocycles. The zero-order valence-electron chi connectivity index (χ0n) is 10.8. The zero-order chi connectivity index (χ0) is 14.5. The summed E-state index contributed by atoms with van der Waals surface area (Å²) in [4.78, 5) is 11.5. The fraction of sp³-hybridized carbons (Fsp3) is 0.917. The van der Waals surface area contributed by atoms with Crippen LogP contribution >= 0.6 is 0 Å². The van der Waals surface area contributed by atoms with Crippen molar-refractivity contribution in [2.24, 2.45) is 5.92 Å². The number of halogens is 4. The van der Waals surface area contributed by atoms with Crippen LogP contribution in [0.5, 0.6) is 0 Å². The minimum absolute atomic E-state index is 0.275. The van der Waals surface area contributed by atoms with Gasteiger partial charge in [0.05, 0.1) is 19.1 Å². The molecule has 1 rings (SSSR count). The van der Waals surface area contributed by atoms with Crippen LogP contribution in [-0.4, -0.2) is 37.5 Å². The molecule has 1 aliphatic carbocycles. The normalized spacial score (nSPS) is 24.5. The number of nitrogens with one attached hydrogen (secondary N) is 1. The van der Waals surface area contributed by atoms with Crippen molar-refractivity contribution in [1.29, 1.82) is 0 Å². The third-order valence-corrected chi connectivity index (χ3v) is 3.24. The van der Waals surface area contributed by atoms with Crippen LogP contribution in [0.1, 0.15) is 32.6 Å². The summed E-state index contributed by atoms with van der Waals surface area (Å²) in [7, 11) is 0. The van der Waals surface area contributed by atoms with Gasteiger partial charge in [0.2, 0.25) is 0 Å². The Kier molecular flexibility index (Phi) is 6.03. The van der Waals surface area contributed by atoms with Crippen molar-refractivity contribution in [1.82, 2.24) is 5.32 Å². The predicted octanol–water partition coefficient (Wildman–Crippen LogP) is 2.60. The molecule has 0 saturated heterocycles. The van der Waals surface area contributed by atoms with Gasteiger partial charge in [-0.15, -0.1) is 0 Å². The lowest BCUT2D eigenvalue weighted by atomic mass is 9.85. The summed E-state index contributed by atoms with van der Waals surface area (Å²) < 4.78 is 54.4. The molecule has 2 unspecified atom stereocenters. The number of esters is 1. The van der Waals surface area contributed by atoms with Crippen LogP contribution in [0.3, 0.4) is 0 Å². The molecule has 0 amide bonds. The van der Waals surface area contributed by atoms with E-state index in [0.717, 1.165) is 0 Å². The van der Waals surface area contributed by atoms with Crippen molar-refractivity contribution < 1.29 is 27.1 Å². The van der Waals surface area contributed by atoms with Crippen molar-refractivity contribution >= 4 is 5.97 Å². The Balaban J connectivity index is 2.41. The quantitative estimate of drug-likeness (QED) is 0.602. The standard InChI is InChI=1S/C12H19F4NO2/c1-2-19-10(18)8-4-3-5-9(6-8)17-7-12(15,16)11(13)14/h8-9,11,17H,2-7H2,1H3. The third kappa shape index (κ3) is 4.97. The van der Waals surface area contributed by atoms with Crippen LogP contribution < -0.4 is 5.32 Å². The lowest BCUT2D eigenvalue weighted by Crippen LogP contribution is -2.45. The Hall–Kier alpha value is -0.850. The first kappa shape index (κ1) is 16.2. The van der Waals surface area contributed by atoms with Gasteiger partial charge in [-0.3, -0.25) is 4.79 Å². The van der Waals surface area contributed by atoms with Gasteiger partial charge in [0, 0.05) is 6.04 Å². The van der Waals surface area contributed by atoms with Gasteiger partial charge >= 0.3 is 18.3 Å². The average molecular weight is 285 g/mol. The van der Waals surface area contributed by atoms with Crippen molar-refractivity contribution in [3.05, 3.63) is 0 Å². The van der Waals surface area contributed by atoms with E-state index in [9.17, 15) is 22.4 Å². The first-order chi connectivity index (χ1) is 8.86. The van der Waals surface area contributed by atoms with Crippen molar-refractivity contribution in [3.63, 3.8) is 0 Å². The maximum absolute atomic E-state index is 12.8. The van der Waals surface area contributed by atoms with Crippen LogP contribution in [0.15, 0.2) is 0 Å². The van der Waals surface area contributed by atoms with Crippen LogP contribution in [0.4, 0.5) is 17.6 Å². The van der Waals surface area contributed by atoms with Crippen LogP contribution in [0, 0.1) is 5.92 Å². The summed E-state index contributed by atoms with van der Waals surface area (Å²) in [5.74, 6) is -4.70. The largest absolute Gasteiger partial charge is 0.466 e. The van der Waals surface area contributed by atoms with Gasteiger partial charge in [-0.05, 0) is 26.2 Å². The van der Waals surface area contributed by atoms with E-state index < -0.39 is 18.9 Å². The summed E-state index contributed by atoms with van der Waals surface area (Å²) >= 11 is 0. The summed E-state index contributed by atoms with van der Waals surface area (Å²) in [6.45, 7) is 0.904. The second kappa shape index (κ2) is 7.07. The monoisotopic (exact) mass is 285 g/mol. The second-order valence-electron chi connectivity index (χ2n) is 4.76. The number of hydrogen-bond acceptors (Lipinski definition) is 3. The Morgan fingerprint density at radius 3 is 2.68 bits per heavy atom. The molecular weight excluding hydrogens is 266 g/mol. The van der Waals surface area contributed by atoms with Crippen molar-refractivity contribution in [2.45, 2.75) is 51.0 Å². The van der Waals surface area contributed by atoms with Crippen molar-refractivity contribution in [2.75, 3.05) is 13.2 Å². The Morgan fingerprint density at radius 1 is 1.42 bits per heavy atom. The smallest absolute Gasteiger partial charge is 0.319 e. The van der Waals surface area contributed by atoms with E-state index in [-0.39, 0.29) is 24.5 Å². The molecule has 0 bridgehead atoms. The molecule has 0 radical (unpaired) electrons. The first-order valence-corrected chi connectivity index (χ1v) is 6.42. The molecule has 0 aromatic rings. The van der Waals surface area contributed by atoms with Gasteiger partial charge in [0.1, 0.15) is 0 Å². The summed E-state index contributed by atoms with van der Waals surface area (Å²) in [5.41, 5.74) is 0. The number of alkyl halides is 4. The fourth-order valence-electron chi connectivity index (χ4n) is 2.21. The van der Waals surface area contributed by atoms with E-state index in [2.05, 4.69) is 5.32 Å². The van der Waals surface area contributed by atoms with Gasteiger partial charge in [-0.2, -0.15) is 8.78 Å². The lowest BCUT2D eigenvalue weighted by Gasteiger charge is -2.29. The number of rotatable bonds is 6. The third-order valence-electron chi connectivity index (χ3n) is 3.24. The molecule has 0 aromatic carbocycles. The molecule has 1 aliphatic rings. The number of ether oxygens (including phenoxy) is 1. The van der Waals surface area contributed by atoms with E-state index in [4.69, 9.17) is 4.74 Å². The molecule has 112 valence electrons. The summed E-state index contributed by atoms with van der Waals surface area (Å²) in [6.07, 6.45) is -1.36. The maximum atomic E-state index is 12.8. The van der Waals surface area contributed by atoms with Gasteiger partial charge in [0.25, 0.3) is 0 Å². The van der Waals surface area contributed by atoms with E-state index in [1.54, 1.807) is 6.92 Å². The predicted molar refractivity (Wildman–Crippen MR) is 61.3 cm³/mol. The SMILES string of the molecule is CCOC(=O)C1CCCC(NCC(F)(F)C(F)F)C1. The van der Waals surface area contributed by atoms with E-state index in [1.807, 2.05) is 0 Å². The molecule has 0 heterocycles. The Bertz CT molecular complexity index is 299. The highest BCUT2D eigenvalue weighted by molar-refractivity contribution is 5.72. The molecule has 1 fully saturated rings. The molecule has 1 N–H and O–H groups in total. The van der Waals surface area contributed by atoms with Gasteiger partial charge in [-0.25, -0.2) is 8.78 Å². The lowest BCUT2D eigenvalue weighted by molar-refractivity contribution is -0.149. The molecule has 0 aromatic heterocycles. The minimum atomic E-state index is -4.03. The highest BCUT2D eigenvalue weighted by Crippen LogP contribution is 2.27. The number of hydrogen-bond donors (Lipinski definition) is 1. The Morgan fingerprint density at radius 2 is 2.11 bits per heavy atom. The topological polar surface area (TPSA) is 38.3 Å². The molecule has 3 nitrogen and oxygen atoms in total. The Labute approximate surface area is 109 Å². The molecule has 0 aliphatic heterocycles. The summed E-state index contributed by atoms with van der Waals surface area (Å²) in [6, 6.07) is -0.340. The van der Waals surface area contributed by atoms with Gasteiger partial charge in [0.15, 0.2) is 0 Å². The summed E-state index contributed by atoms with van der Waals surface area (Å²) in [5, 5.41) is 2.43. The van der Waals surface area contributed by atoms with E-state index >= 15 is 0 Å². The van der Waals surface area contributed by atoms with Crippen LogP contribution in [0.25, 0.3) is 0 Å². The molecule has 19 heavy (non-hydrogen) atoms.